The van der Waals surface area contributed by atoms with Crippen LogP contribution in [0.15, 0.2) is 12.3 Å². The molecule has 0 atom stereocenters. The SMILES string of the molecule is Cl.NNCC=CO. The second kappa shape index (κ2) is 9.23. The molecule has 0 saturated heterocycles. The van der Waals surface area contributed by atoms with Crippen molar-refractivity contribution in [2.45, 2.75) is 0 Å². The van der Waals surface area contributed by atoms with Gasteiger partial charge in [0.05, 0.1) is 6.26 Å². The van der Waals surface area contributed by atoms with E-state index in [0.717, 1.165) is 6.26 Å². The van der Waals surface area contributed by atoms with Crippen LogP contribution in [0.5, 0.6) is 0 Å². The zero-order chi connectivity index (χ0) is 4.83. The summed E-state index contributed by atoms with van der Waals surface area (Å²) < 4.78 is 0. The van der Waals surface area contributed by atoms with Gasteiger partial charge in [0.2, 0.25) is 0 Å². The summed E-state index contributed by atoms with van der Waals surface area (Å²) in [6, 6.07) is 0. The summed E-state index contributed by atoms with van der Waals surface area (Å²) in [7, 11) is 0. The van der Waals surface area contributed by atoms with Crippen LogP contribution in [-0.2, 0) is 0 Å². The second-order valence-electron chi connectivity index (χ2n) is 0.793. The molecule has 0 aliphatic rings. The van der Waals surface area contributed by atoms with Gasteiger partial charge in [-0.05, 0) is 6.08 Å². The molecule has 0 unspecified atom stereocenters. The maximum absolute atomic E-state index is 7.92. The van der Waals surface area contributed by atoms with E-state index in [0.29, 0.717) is 6.54 Å². The molecule has 7 heavy (non-hydrogen) atoms. The molecule has 0 bridgehead atoms. The van der Waals surface area contributed by atoms with E-state index in [-0.39, 0.29) is 12.4 Å². The molecular weight excluding hydrogens is 115 g/mol. The maximum Gasteiger partial charge on any atom is 0.0765 e. The Balaban J connectivity index is 0. The van der Waals surface area contributed by atoms with E-state index in [1.54, 1.807) is 0 Å². The van der Waals surface area contributed by atoms with E-state index in [1.807, 2.05) is 0 Å². The van der Waals surface area contributed by atoms with Crippen molar-refractivity contribution in [1.29, 1.82) is 0 Å². The smallest absolute Gasteiger partial charge is 0.0765 e. The first-order valence-corrected chi connectivity index (χ1v) is 1.64. The standard InChI is InChI=1S/C3H8N2O.ClH/c4-5-2-1-3-6;/h1,3,5-6H,2,4H2;1H. The van der Waals surface area contributed by atoms with Gasteiger partial charge < -0.3 is 5.11 Å². The fourth-order valence-electron chi connectivity index (χ4n) is 0.121. The molecule has 0 saturated carbocycles. The van der Waals surface area contributed by atoms with E-state index in [9.17, 15) is 0 Å². The van der Waals surface area contributed by atoms with Crippen LogP contribution in [0.3, 0.4) is 0 Å². The number of hydrogen-bond donors (Lipinski definition) is 3. The van der Waals surface area contributed by atoms with Crippen LogP contribution >= 0.6 is 12.4 Å². The topological polar surface area (TPSA) is 58.3 Å². The average Bonchev–Trinajstić information content (AvgIpc) is 1.61. The summed E-state index contributed by atoms with van der Waals surface area (Å²) in [5.41, 5.74) is 2.32. The normalized spacial score (nSPS) is 8.71. The van der Waals surface area contributed by atoms with E-state index < -0.39 is 0 Å². The van der Waals surface area contributed by atoms with Gasteiger partial charge >= 0.3 is 0 Å². The largest absolute Gasteiger partial charge is 0.516 e. The van der Waals surface area contributed by atoms with Crippen LogP contribution in [0.25, 0.3) is 0 Å². The Morgan fingerprint density at radius 2 is 2.29 bits per heavy atom. The zero-order valence-corrected chi connectivity index (χ0v) is 4.61. The number of rotatable bonds is 2. The quantitative estimate of drug-likeness (QED) is 0.275. The van der Waals surface area contributed by atoms with Gasteiger partial charge in [0.15, 0.2) is 0 Å². The molecule has 0 amide bonds. The first kappa shape index (κ1) is 9.89. The number of halogens is 1. The van der Waals surface area contributed by atoms with Gasteiger partial charge in [-0.3, -0.25) is 11.3 Å². The van der Waals surface area contributed by atoms with Crippen molar-refractivity contribution in [3.63, 3.8) is 0 Å². The molecule has 4 N–H and O–H groups in total. The van der Waals surface area contributed by atoms with Crippen molar-refractivity contribution in [2.75, 3.05) is 6.54 Å². The summed E-state index contributed by atoms with van der Waals surface area (Å²) in [4.78, 5) is 0. The Kier molecular flexibility index (Phi) is 13.0. The van der Waals surface area contributed by atoms with Gasteiger partial charge in [-0.15, -0.1) is 12.4 Å². The summed E-state index contributed by atoms with van der Waals surface area (Å²) in [5, 5.41) is 7.92. The number of hydrogen-bond acceptors (Lipinski definition) is 3. The van der Waals surface area contributed by atoms with Gasteiger partial charge in [-0.1, -0.05) is 0 Å². The molecule has 0 aliphatic carbocycles. The van der Waals surface area contributed by atoms with Gasteiger partial charge in [0, 0.05) is 6.54 Å². The van der Waals surface area contributed by atoms with E-state index in [2.05, 4.69) is 5.43 Å². The van der Waals surface area contributed by atoms with Crippen molar-refractivity contribution in [3.05, 3.63) is 12.3 Å². The molecule has 0 aromatic heterocycles. The number of aliphatic hydroxyl groups excluding tert-OH is 1. The molecule has 0 heterocycles. The Morgan fingerprint density at radius 1 is 1.71 bits per heavy atom. The third-order valence-electron chi connectivity index (χ3n) is 0.341. The first-order valence-electron chi connectivity index (χ1n) is 1.64. The summed E-state index contributed by atoms with van der Waals surface area (Å²) >= 11 is 0. The minimum atomic E-state index is 0. The third-order valence-corrected chi connectivity index (χ3v) is 0.341. The van der Waals surface area contributed by atoms with Crippen molar-refractivity contribution >= 4 is 12.4 Å². The molecule has 0 spiro atoms. The fraction of sp³-hybridized carbons (Fsp3) is 0.333. The Bertz CT molecular complexity index is 48.2. The number of nitrogens with one attached hydrogen (secondary N) is 1. The van der Waals surface area contributed by atoms with Crippen LogP contribution in [0, 0.1) is 0 Å². The van der Waals surface area contributed by atoms with Crippen molar-refractivity contribution in [2.24, 2.45) is 5.84 Å². The lowest BCUT2D eigenvalue weighted by Crippen LogP contribution is -2.21. The molecule has 0 aromatic rings. The van der Waals surface area contributed by atoms with Crippen LogP contribution in [0.4, 0.5) is 0 Å². The molecule has 0 aliphatic heterocycles. The number of aliphatic hydroxyl groups is 1. The Labute approximate surface area is 48.6 Å². The van der Waals surface area contributed by atoms with Crippen LogP contribution in [-0.4, -0.2) is 11.7 Å². The monoisotopic (exact) mass is 124 g/mol. The Morgan fingerprint density at radius 3 is 2.43 bits per heavy atom. The molecule has 0 rings (SSSR count). The molecule has 0 fully saturated rings. The summed E-state index contributed by atoms with van der Waals surface area (Å²) in [5.74, 6) is 4.80. The third kappa shape index (κ3) is 10.7. The van der Waals surface area contributed by atoms with Gasteiger partial charge in [-0.25, -0.2) is 0 Å². The second-order valence-corrected chi connectivity index (χ2v) is 0.793. The molecular formula is C3H9ClN2O. The Hall–Kier alpha value is -0.250. The summed E-state index contributed by atoms with van der Waals surface area (Å²) in [6.45, 7) is 0.510. The molecule has 4 heteroatoms. The highest BCUT2D eigenvalue weighted by atomic mass is 35.5. The van der Waals surface area contributed by atoms with Crippen molar-refractivity contribution in [3.8, 4) is 0 Å². The van der Waals surface area contributed by atoms with E-state index >= 15 is 0 Å². The number of hydrazine groups is 1. The highest BCUT2D eigenvalue weighted by molar-refractivity contribution is 5.85. The maximum atomic E-state index is 7.92. The van der Waals surface area contributed by atoms with Crippen LogP contribution in [0.1, 0.15) is 0 Å². The fourth-order valence-corrected chi connectivity index (χ4v) is 0.121. The van der Waals surface area contributed by atoms with Crippen LogP contribution in [0.2, 0.25) is 0 Å². The minimum absolute atomic E-state index is 0. The lowest BCUT2D eigenvalue weighted by Gasteiger charge is -1.81. The van der Waals surface area contributed by atoms with Gasteiger partial charge in [0.25, 0.3) is 0 Å². The lowest BCUT2D eigenvalue weighted by molar-refractivity contribution is 0.470. The summed E-state index contributed by atoms with van der Waals surface area (Å²) in [6.07, 6.45) is 2.44. The van der Waals surface area contributed by atoms with Gasteiger partial charge in [0.1, 0.15) is 0 Å². The van der Waals surface area contributed by atoms with Crippen molar-refractivity contribution in [1.82, 2.24) is 5.43 Å². The van der Waals surface area contributed by atoms with Crippen LogP contribution < -0.4 is 11.3 Å². The predicted molar refractivity (Wildman–Crippen MR) is 31.2 cm³/mol. The highest BCUT2D eigenvalue weighted by Crippen LogP contribution is 1.56. The first-order chi connectivity index (χ1) is 2.91. The zero-order valence-electron chi connectivity index (χ0n) is 3.79. The van der Waals surface area contributed by atoms with E-state index in [4.69, 9.17) is 10.9 Å². The van der Waals surface area contributed by atoms with Gasteiger partial charge in [-0.2, -0.15) is 0 Å². The lowest BCUT2D eigenvalue weighted by atomic mass is 10.6. The highest BCUT2D eigenvalue weighted by Gasteiger charge is 1.62. The minimum Gasteiger partial charge on any atom is -0.516 e. The average molecular weight is 125 g/mol. The molecule has 0 aromatic carbocycles. The predicted octanol–water partition coefficient (Wildman–Crippen LogP) is -0.0568. The molecule has 44 valence electrons. The van der Waals surface area contributed by atoms with Crippen molar-refractivity contribution < 1.29 is 5.11 Å². The molecule has 3 nitrogen and oxygen atoms in total. The van der Waals surface area contributed by atoms with E-state index in [1.165, 1.54) is 6.08 Å². The molecule has 0 radical (unpaired) electrons. The number of nitrogens with two attached hydrogens (primary N) is 1.